The maximum Gasteiger partial charge on any atom is 0.247 e. The lowest BCUT2D eigenvalue weighted by Gasteiger charge is -2.36. The van der Waals surface area contributed by atoms with Gasteiger partial charge in [0.1, 0.15) is 11.7 Å². The molecule has 0 bridgehead atoms. The fourth-order valence-corrected chi connectivity index (χ4v) is 4.01. The highest BCUT2D eigenvalue weighted by atomic mass is 16.2. The molecule has 1 aliphatic rings. The molecule has 3 rings (SSSR count). The van der Waals surface area contributed by atoms with E-state index in [4.69, 9.17) is 4.98 Å². The smallest absolute Gasteiger partial charge is 0.247 e. The molecule has 0 saturated carbocycles. The minimum Gasteiger partial charge on any atom is -0.350 e. The molecule has 0 saturated heterocycles. The third-order valence-corrected chi connectivity index (χ3v) is 5.40. The molecule has 27 heavy (non-hydrogen) atoms. The third-order valence-electron chi connectivity index (χ3n) is 5.40. The summed E-state index contributed by atoms with van der Waals surface area (Å²) in [5.41, 5.74) is 5.24. The van der Waals surface area contributed by atoms with Gasteiger partial charge >= 0.3 is 0 Å². The number of aryl methyl sites for hydroxylation is 2. The Morgan fingerprint density at radius 3 is 2.56 bits per heavy atom. The van der Waals surface area contributed by atoms with Crippen LogP contribution >= 0.6 is 0 Å². The Bertz CT molecular complexity index is 870. The van der Waals surface area contributed by atoms with Crippen LogP contribution in [0.25, 0.3) is 0 Å². The Morgan fingerprint density at radius 2 is 1.96 bits per heavy atom. The van der Waals surface area contributed by atoms with Crippen LogP contribution in [0.1, 0.15) is 43.4 Å². The molecule has 2 N–H and O–H groups in total. The lowest BCUT2D eigenvalue weighted by molar-refractivity contribution is -0.118. The van der Waals surface area contributed by atoms with Gasteiger partial charge in [0.25, 0.3) is 0 Å². The van der Waals surface area contributed by atoms with Gasteiger partial charge in [0.05, 0.1) is 5.69 Å². The van der Waals surface area contributed by atoms with E-state index in [2.05, 4.69) is 47.0 Å². The highest BCUT2D eigenvalue weighted by Gasteiger charge is 2.35. The Labute approximate surface area is 161 Å². The Hall–Kier alpha value is -2.57. The monoisotopic (exact) mass is 370 g/mol. The number of fused-ring (bicyclic) bond motifs is 1. The number of carbonyl (C=O) groups excluding carboxylic acids is 1. The van der Waals surface area contributed by atoms with Gasteiger partial charge in [0.15, 0.2) is 5.82 Å². The van der Waals surface area contributed by atoms with Crippen LogP contribution in [-0.4, -0.2) is 33.5 Å². The molecule has 0 aromatic carbocycles. The summed E-state index contributed by atoms with van der Waals surface area (Å²) < 4.78 is 2.30. The van der Waals surface area contributed by atoms with E-state index in [-0.39, 0.29) is 17.9 Å². The fourth-order valence-electron chi connectivity index (χ4n) is 4.01. The maximum absolute atomic E-state index is 12.4. The summed E-state index contributed by atoms with van der Waals surface area (Å²) in [4.78, 5) is 23.6. The summed E-state index contributed by atoms with van der Waals surface area (Å²) in [7, 11) is 1.92. The molecule has 3 heterocycles. The summed E-state index contributed by atoms with van der Waals surface area (Å²) >= 11 is 0. The van der Waals surface area contributed by atoms with E-state index in [1.807, 2.05) is 32.7 Å². The van der Waals surface area contributed by atoms with E-state index < -0.39 is 0 Å². The molecule has 146 valence electrons. The first-order chi connectivity index (χ1) is 12.7. The maximum atomic E-state index is 12.4. The second kappa shape index (κ2) is 7.21. The highest BCUT2D eigenvalue weighted by molar-refractivity contribution is 6.03. The van der Waals surface area contributed by atoms with E-state index >= 15 is 0 Å². The van der Waals surface area contributed by atoms with Crippen molar-refractivity contribution in [2.24, 2.45) is 5.92 Å². The fraction of sp³-hybridized carbons (Fsp3) is 0.550. The number of anilines is 3. The SMILES string of the molecule is CCn1c(C)cc(CNc2nc(C)c3c(n2)N(C)[C@@H](C(C)C)C(=O)N3)c1C. The molecule has 1 atom stereocenters. The summed E-state index contributed by atoms with van der Waals surface area (Å²) in [6, 6.07) is 1.97. The molecule has 2 aromatic heterocycles. The van der Waals surface area contributed by atoms with Crippen LogP contribution in [0, 0.1) is 26.7 Å². The lowest BCUT2D eigenvalue weighted by Crippen LogP contribution is -2.49. The zero-order valence-electron chi connectivity index (χ0n) is 17.3. The largest absolute Gasteiger partial charge is 0.350 e. The summed E-state index contributed by atoms with van der Waals surface area (Å²) in [6.07, 6.45) is 0. The van der Waals surface area contributed by atoms with Crippen LogP contribution in [0.5, 0.6) is 0 Å². The first-order valence-corrected chi connectivity index (χ1v) is 9.56. The molecule has 1 amide bonds. The van der Waals surface area contributed by atoms with E-state index in [1.165, 1.54) is 17.0 Å². The summed E-state index contributed by atoms with van der Waals surface area (Å²) in [6.45, 7) is 14.0. The van der Waals surface area contributed by atoms with Crippen molar-refractivity contribution in [2.75, 3.05) is 22.6 Å². The first-order valence-electron chi connectivity index (χ1n) is 9.56. The summed E-state index contributed by atoms with van der Waals surface area (Å²) in [5, 5.41) is 6.34. The number of amides is 1. The average molecular weight is 371 g/mol. The molecular weight excluding hydrogens is 340 g/mol. The van der Waals surface area contributed by atoms with Gasteiger partial charge in [-0.2, -0.15) is 4.98 Å². The van der Waals surface area contributed by atoms with Gasteiger partial charge in [0, 0.05) is 31.5 Å². The molecule has 1 aliphatic heterocycles. The lowest BCUT2D eigenvalue weighted by atomic mass is 9.99. The van der Waals surface area contributed by atoms with Crippen LogP contribution in [0.3, 0.4) is 0 Å². The first kappa shape index (κ1) is 19.2. The van der Waals surface area contributed by atoms with Crippen molar-refractivity contribution in [3.8, 4) is 0 Å². The number of hydrogen-bond acceptors (Lipinski definition) is 5. The van der Waals surface area contributed by atoms with Crippen molar-refractivity contribution in [1.29, 1.82) is 0 Å². The van der Waals surface area contributed by atoms with E-state index in [1.54, 1.807) is 0 Å². The van der Waals surface area contributed by atoms with Crippen LogP contribution < -0.4 is 15.5 Å². The van der Waals surface area contributed by atoms with Gasteiger partial charge in [-0.3, -0.25) is 4.79 Å². The Morgan fingerprint density at radius 1 is 1.26 bits per heavy atom. The number of likely N-dealkylation sites (N-methyl/N-ethyl adjacent to an activating group) is 1. The minimum absolute atomic E-state index is 0.000542. The van der Waals surface area contributed by atoms with E-state index in [0.29, 0.717) is 18.2 Å². The van der Waals surface area contributed by atoms with Gasteiger partial charge in [-0.05, 0) is 45.2 Å². The predicted octanol–water partition coefficient (Wildman–Crippen LogP) is 3.25. The molecule has 0 spiro atoms. The average Bonchev–Trinajstić information content (AvgIpc) is 2.87. The van der Waals surface area contributed by atoms with Crippen LogP contribution in [-0.2, 0) is 17.9 Å². The third kappa shape index (κ3) is 3.38. The van der Waals surface area contributed by atoms with Crippen molar-refractivity contribution < 1.29 is 4.79 Å². The predicted molar refractivity (Wildman–Crippen MR) is 109 cm³/mol. The molecule has 0 fully saturated rings. The number of rotatable bonds is 5. The van der Waals surface area contributed by atoms with E-state index in [0.717, 1.165) is 18.1 Å². The number of aromatic nitrogens is 3. The second-order valence-corrected chi connectivity index (χ2v) is 7.61. The van der Waals surface area contributed by atoms with Crippen molar-refractivity contribution in [1.82, 2.24) is 14.5 Å². The molecule has 7 nitrogen and oxygen atoms in total. The number of hydrogen-bond donors (Lipinski definition) is 2. The quantitative estimate of drug-likeness (QED) is 0.845. The Kier molecular flexibility index (Phi) is 5.13. The zero-order valence-corrected chi connectivity index (χ0v) is 17.3. The molecule has 0 aliphatic carbocycles. The topological polar surface area (TPSA) is 75.1 Å². The highest BCUT2D eigenvalue weighted by Crippen LogP contribution is 2.34. The van der Waals surface area contributed by atoms with Crippen LogP contribution in [0.2, 0.25) is 0 Å². The number of nitrogens with one attached hydrogen (secondary N) is 2. The Balaban J connectivity index is 1.87. The number of nitrogens with zero attached hydrogens (tertiary/aromatic N) is 4. The van der Waals surface area contributed by atoms with Crippen molar-refractivity contribution >= 4 is 23.4 Å². The number of carbonyl (C=O) groups is 1. The van der Waals surface area contributed by atoms with E-state index in [9.17, 15) is 4.79 Å². The molecule has 0 radical (unpaired) electrons. The van der Waals surface area contributed by atoms with Crippen molar-refractivity contribution in [3.05, 3.63) is 28.7 Å². The van der Waals surface area contributed by atoms with Crippen LogP contribution in [0.15, 0.2) is 6.07 Å². The van der Waals surface area contributed by atoms with Gasteiger partial charge in [-0.25, -0.2) is 4.98 Å². The molecular formula is C20H30N6O. The second-order valence-electron chi connectivity index (χ2n) is 7.61. The molecule has 7 heteroatoms. The molecule has 2 aromatic rings. The minimum atomic E-state index is -0.233. The molecule has 0 unspecified atom stereocenters. The van der Waals surface area contributed by atoms with Gasteiger partial charge in [-0.15, -0.1) is 0 Å². The van der Waals surface area contributed by atoms with Gasteiger partial charge in [0.2, 0.25) is 11.9 Å². The van der Waals surface area contributed by atoms with Gasteiger partial charge in [-0.1, -0.05) is 13.8 Å². The van der Waals surface area contributed by atoms with Crippen LogP contribution in [0.4, 0.5) is 17.5 Å². The standard InChI is InChI=1S/C20H30N6O/c1-8-26-12(4)9-15(14(26)6)10-21-20-22-13(5)16-18(24-20)25(7)17(11(2)3)19(27)23-16/h9,11,17H,8,10H2,1-7H3,(H,23,27)(H,21,22,24)/t17-/m0/s1. The van der Waals surface area contributed by atoms with Gasteiger partial charge < -0.3 is 20.1 Å². The van der Waals surface area contributed by atoms with Crippen molar-refractivity contribution in [3.63, 3.8) is 0 Å². The summed E-state index contributed by atoms with van der Waals surface area (Å²) in [5.74, 6) is 1.54. The normalized spacial score (nSPS) is 16.5. The van der Waals surface area contributed by atoms with Crippen molar-refractivity contribution in [2.45, 2.75) is 60.7 Å². The zero-order chi connectivity index (χ0) is 19.9.